The van der Waals surface area contributed by atoms with Gasteiger partial charge in [0.05, 0.1) is 5.69 Å². The molecule has 0 aliphatic heterocycles. The summed E-state index contributed by atoms with van der Waals surface area (Å²) in [6.07, 6.45) is 0.611. The maximum atomic E-state index is 13.0. The highest BCUT2D eigenvalue weighted by Crippen LogP contribution is 2.15. The van der Waals surface area contributed by atoms with E-state index in [1.54, 1.807) is 12.1 Å². The molecule has 0 radical (unpaired) electrons. The van der Waals surface area contributed by atoms with Crippen molar-refractivity contribution >= 4 is 17.4 Å². The Morgan fingerprint density at radius 3 is 2.80 bits per heavy atom. The van der Waals surface area contributed by atoms with E-state index in [0.717, 1.165) is 5.56 Å². The van der Waals surface area contributed by atoms with E-state index in [4.69, 9.17) is 11.5 Å². The topological polar surface area (TPSA) is 94.0 Å². The second-order valence-electron chi connectivity index (χ2n) is 4.31. The van der Waals surface area contributed by atoms with Crippen molar-refractivity contribution in [1.29, 1.82) is 0 Å². The Bertz CT molecular complexity index is 630. The Balaban J connectivity index is 2.00. The van der Waals surface area contributed by atoms with Gasteiger partial charge in [0.15, 0.2) is 0 Å². The van der Waals surface area contributed by atoms with Gasteiger partial charge in [-0.05, 0) is 36.2 Å². The van der Waals surface area contributed by atoms with E-state index in [9.17, 15) is 9.18 Å². The molecule has 5 N–H and O–H groups in total. The quantitative estimate of drug-likeness (QED) is 0.771. The van der Waals surface area contributed by atoms with Gasteiger partial charge in [-0.3, -0.25) is 4.79 Å². The molecule has 1 aromatic carbocycles. The zero-order valence-electron chi connectivity index (χ0n) is 10.8. The number of nitrogens with two attached hydrogens (primary N) is 2. The summed E-state index contributed by atoms with van der Waals surface area (Å²) >= 11 is 0. The van der Waals surface area contributed by atoms with Crippen LogP contribution >= 0.6 is 0 Å². The number of hydrogen-bond acceptors (Lipinski definition) is 4. The summed E-state index contributed by atoms with van der Waals surface area (Å²) in [5.41, 5.74) is 12.3. The zero-order valence-corrected chi connectivity index (χ0v) is 10.8. The van der Waals surface area contributed by atoms with E-state index in [-0.39, 0.29) is 11.5 Å². The monoisotopic (exact) mass is 274 g/mol. The average molecular weight is 274 g/mol. The summed E-state index contributed by atoms with van der Waals surface area (Å²) in [6, 6.07) is 9.39. The molecule has 0 fully saturated rings. The van der Waals surface area contributed by atoms with Gasteiger partial charge in [-0.1, -0.05) is 12.1 Å². The molecule has 2 aromatic rings. The van der Waals surface area contributed by atoms with E-state index in [0.29, 0.717) is 24.5 Å². The van der Waals surface area contributed by atoms with Crippen molar-refractivity contribution in [2.24, 2.45) is 5.73 Å². The highest BCUT2D eigenvalue weighted by Gasteiger charge is 2.06. The van der Waals surface area contributed by atoms with Crippen LogP contribution in [-0.2, 0) is 6.42 Å². The fourth-order valence-corrected chi connectivity index (χ4v) is 1.77. The normalized spacial score (nSPS) is 10.2. The fourth-order valence-electron chi connectivity index (χ4n) is 1.77. The lowest BCUT2D eigenvalue weighted by Crippen LogP contribution is -2.16. The van der Waals surface area contributed by atoms with E-state index >= 15 is 0 Å². The number of carbonyl (C=O) groups excluding carboxylic acids is 1. The zero-order chi connectivity index (χ0) is 14.5. The van der Waals surface area contributed by atoms with Gasteiger partial charge >= 0.3 is 0 Å². The molecule has 5 nitrogen and oxygen atoms in total. The van der Waals surface area contributed by atoms with Crippen LogP contribution in [0.1, 0.15) is 16.1 Å². The van der Waals surface area contributed by atoms with Crippen molar-refractivity contribution < 1.29 is 9.18 Å². The summed E-state index contributed by atoms with van der Waals surface area (Å²) in [7, 11) is 0. The van der Waals surface area contributed by atoms with Gasteiger partial charge in [-0.15, -0.1) is 0 Å². The summed E-state index contributed by atoms with van der Waals surface area (Å²) < 4.78 is 13.0. The van der Waals surface area contributed by atoms with Gasteiger partial charge in [-0.25, -0.2) is 9.37 Å². The second-order valence-corrected chi connectivity index (χ2v) is 4.31. The first-order valence-corrected chi connectivity index (χ1v) is 6.11. The number of carbonyl (C=O) groups is 1. The number of benzene rings is 1. The molecule has 0 saturated carbocycles. The molecule has 6 heteroatoms. The number of aromatic nitrogens is 1. The van der Waals surface area contributed by atoms with Crippen LogP contribution in [0.25, 0.3) is 0 Å². The predicted octanol–water partition coefficient (Wildman–Crippen LogP) is 1.56. The number of pyridine rings is 1. The van der Waals surface area contributed by atoms with Crippen molar-refractivity contribution in [2.45, 2.75) is 6.42 Å². The SMILES string of the molecule is NC(=O)c1ccc(N)c(NCCc2cccc(F)c2)n1. The molecule has 0 saturated heterocycles. The molecule has 20 heavy (non-hydrogen) atoms. The molecule has 0 unspecified atom stereocenters. The van der Waals surface area contributed by atoms with Crippen molar-refractivity contribution in [3.05, 3.63) is 53.5 Å². The van der Waals surface area contributed by atoms with Crippen LogP contribution in [0.3, 0.4) is 0 Å². The van der Waals surface area contributed by atoms with Crippen molar-refractivity contribution in [3.8, 4) is 0 Å². The maximum Gasteiger partial charge on any atom is 0.267 e. The third-order valence-corrected chi connectivity index (χ3v) is 2.77. The Labute approximate surface area is 115 Å². The molecular weight excluding hydrogens is 259 g/mol. The molecule has 0 aliphatic rings. The average Bonchev–Trinajstić information content (AvgIpc) is 2.40. The van der Waals surface area contributed by atoms with Crippen LogP contribution < -0.4 is 16.8 Å². The highest BCUT2D eigenvalue weighted by molar-refractivity contribution is 5.91. The summed E-state index contributed by atoms with van der Waals surface area (Å²) in [4.78, 5) is 15.1. The molecule has 1 aromatic heterocycles. The standard InChI is InChI=1S/C14H15FN4O/c15-10-3-1-2-9(8-10)6-7-18-14-11(16)4-5-12(19-14)13(17)20/h1-5,8H,6-7,16H2,(H2,17,20)(H,18,19). The Kier molecular flexibility index (Phi) is 4.14. The summed E-state index contributed by atoms with van der Waals surface area (Å²) in [6.45, 7) is 0.517. The van der Waals surface area contributed by atoms with Crippen LogP contribution in [0.4, 0.5) is 15.9 Å². The minimum absolute atomic E-state index is 0.146. The Morgan fingerprint density at radius 2 is 2.10 bits per heavy atom. The number of hydrogen-bond donors (Lipinski definition) is 3. The third kappa shape index (κ3) is 3.44. The number of rotatable bonds is 5. The van der Waals surface area contributed by atoms with E-state index < -0.39 is 5.91 Å². The number of amides is 1. The molecule has 0 spiro atoms. The second kappa shape index (κ2) is 6.01. The van der Waals surface area contributed by atoms with Gasteiger partial charge in [0.2, 0.25) is 0 Å². The summed E-state index contributed by atoms with van der Waals surface area (Å²) in [5, 5.41) is 3.01. The number of halogens is 1. The van der Waals surface area contributed by atoms with Crippen molar-refractivity contribution in [3.63, 3.8) is 0 Å². The molecular formula is C14H15FN4O. The van der Waals surface area contributed by atoms with Gasteiger partial charge in [0, 0.05) is 6.54 Å². The molecule has 1 heterocycles. The maximum absolute atomic E-state index is 13.0. The molecule has 2 rings (SSSR count). The molecule has 0 aliphatic carbocycles. The van der Waals surface area contributed by atoms with Gasteiger partial charge in [0.1, 0.15) is 17.3 Å². The first-order chi connectivity index (χ1) is 9.56. The number of primary amides is 1. The first-order valence-electron chi connectivity index (χ1n) is 6.11. The lowest BCUT2D eigenvalue weighted by atomic mass is 10.1. The Morgan fingerprint density at radius 1 is 1.30 bits per heavy atom. The van der Waals surface area contributed by atoms with Gasteiger partial charge in [-0.2, -0.15) is 0 Å². The van der Waals surface area contributed by atoms with Crippen LogP contribution in [0.5, 0.6) is 0 Å². The molecule has 0 bridgehead atoms. The van der Waals surface area contributed by atoms with Crippen LogP contribution in [0, 0.1) is 5.82 Å². The van der Waals surface area contributed by atoms with Crippen LogP contribution in [-0.4, -0.2) is 17.4 Å². The molecule has 104 valence electrons. The lowest BCUT2D eigenvalue weighted by Gasteiger charge is -2.09. The predicted molar refractivity (Wildman–Crippen MR) is 75.8 cm³/mol. The largest absolute Gasteiger partial charge is 0.396 e. The lowest BCUT2D eigenvalue weighted by molar-refractivity contribution is 0.0996. The number of nitrogen functional groups attached to an aromatic ring is 1. The minimum atomic E-state index is -0.613. The van der Waals surface area contributed by atoms with E-state index in [1.807, 2.05) is 6.07 Å². The molecule has 1 amide bonds. The number of nitrogens with one attached hydrogen (secondary N) is 1. The highest BCUT2D eigenvalue weighted by atomic mass is 19.1. The van der Waals surface area contributed by atoms with Gasteiger partial charge in [0.25, 0.3) is 5.91 Å². The van der Waals surface area contributed by atoms with Crippen molar-refractivity contribution in [2.75, 3.05) is 17.6 Å². The summed E-state index contributed by atoms with van der Waals surface area (Å²) in [5.74, 6) is -0.480. The van der Waals surface area contributed by atoms with Gasteiger partial charge < -0.3 is 16.8 Å². The minimum Gasteiger partial charge on any atom is -0.396 e. The number of nitrogens with zero attached hydrogens (tertiary/aromatic N) is 1. The van der Waals surface area contributed by atoms with Crippen LogP contribution in [0.2, 0.25) is 0 Å². The first kappa shape index (κ1) is 13.8. The smallest absolute Gasteiger partial charge is 0.267 e. The van der Waals surface area contributed by atoms with E-state index in [1.165, 1.54) is 18.2 Å². The fraction of sp³-hybridized carbons (Fsp3) is 0.143. The van der Waals surface area contributed by atoms with Crippen LogP contribution in [0.15, 0.2) is 36.4 Å². The Hall–Kier alpha value is -2.63. The molecule has 0 atom stereocenters. The third-order valence-electron chi connectivity index (χ3n) is 2.77. The van der Waals surface area contributed by atoms with Crippen molar-refractivity contribution in [1.82, 2.24) is 4.98 Å². The number of anilines is 2. The van der Waals surface area contributed by atoms with E-state index in [2.05, 4.69) is 10.3 Å².